The van der Waals surface area contributed by atoms with Gasteiger partial charge in [0, 0.05) is 54.7 Å². The Bertz CT molecular complexity index is 1640. The lowest BCUT2D eigenvalue weighted by molar-refractivity contribution is -0.384. The standard InChI is InChI=1S/C28H27F3N6O4/c1-16-17(2)33-22-5-4-19(14-21(22)26(16)32)34-27(38)20-7-12-41-25(20)15-35-8-10-36(11-9-35)23-6-3-18(28(29,30)31)13-24(23)37(39)40/h3-7,12-14H,8-11,15H2,1-2H3,(H2,32,33)(H,34,38). The number of carbonyl (C=O) groups is 1. The third kappa shape index (κ3) is 5.66. The highest BCUT2D eigenvalue weighted by Crippen LogP contribution is 2.37. The van der Waals surface area contributed by atoms with E-state index in [2.05, 4.69) is 10.3 Å². The van der Waals surface area contributed by atoms with Crippen LogP contribution in [0.3, 0.4) is 0 Å². The van der Waals surface area contributed by atoms with Crippen LogP contribution in [-0.4, -0.2) is 46.9 Å². The molecule has 10 nitrogen and oxygen atoms in total. The van der Waals surface area contributed by atoms with E-state index < -0.39 is 22.4 Å². The van der Waals surface area contributed by atoms with Crippen LogP contribution in [0, 0.1) is 24.0 Å². The van der Waals surface area contributed by atoms with E-state index in [1.165, 1.54) is 6.26 Å². The number of aryl methyl sites for hydroxylation is 1. The summed E-state index contributed by atoms with van der Waals surface area (Å²) in [5.41, 5.74) is 8.73. The molecule has 1 saturated heterocycles. The molecule has 2 aromatic heterocycles. The predicted octanol–water partition coefficient (Wildman–Crippen LogP) is 5.53. The van der Waals surface area contributed by atoms with Crippen LogP contribution in [0.25, 0.3) is 10.9 Å². The molecule has 0 atom stereocenters. The van der Waals surface area contributed by atoms with Crippen LogP contribution >= 0.6 is 0 Å². The second-order valence-electron chi connectivity index (χ2n) is 9.90. The molecule has 2 aromatic carbocycles. The number of hydrogen-bond donors (Lipinski definition) is 2. The number of fused-ring (bicyclic) bond motifs is 1. The highest BCUT2D eigenvalue weighted by Gasteiger charge is 2.34. The van der Waals surface area contributed by atoms with Crippen molar-refractivity contribution in [2.45, 2.75) is 26.6 Å². The molecule has 1 aliphatic heterocycles. The average molecular weight is 569 g/mol. The van der Waals surface area contributed by atoms with Crippen LogP contribution in [0.1, 0.15) is 32.9 Å². The number of nitro groups is 1. The Hall–Kier alpha value is -4.65. The van der Waals surface area contributed by atoms with Gasteiger partial charge in [0.2, 0.25) is 0 Å². The lowest BCUT2D eigenvalue weighted by Crippen LogP contribution is -2.46. The van der Waals surface area contributed by atoms with E-state index in [9.17, 15) is 28.1 Å². The Morgan fingerprint density at radius 2 is 1.85 bits per heavy atom. The fraction of sp³-hybridized carbons (Fsp3) is 0.286. The Morgan fingerprint density at radius 1 is 1.12 bits per heavy atom. The maximum Gasteiger partial charge on any atom is 0.416 e. The van der Waals surface area contributed by atoms with Crippen molar-refractivity contribution in [2.75, 3.05) is 42.1 Å². The molecule has 1 amide bonds. The van der Waals surface area contributed by atoms with E-state index in [0.717, 1.165) is 34.3 Å². The van der Waals surface area contributed by atoms with Gasteiger partial charge in [-0.3, -0.25) is 24.8 Å². The van der Waals surface area contributed by atoms with Crippen molar-refractivity contribution in [3.05, 3.63) is 87.0 Å². The number of halogens is 3. The first-order valence-electron chi connectivity index (χ1n) is 12.8. The third-order valence-corrected chi connectivity index (χ3v) is 7.35. The van der Waals surface area contributed by atoms with Crippen molar-refractivity contribution in [1.29, 1.82) is 0 Å². The average Bonchev–Trinajstić information content (AvgIpc) is 3.40. The number of nitrogen functional groups attached to an aromatic ring is 1. The summed E-state index contributed by atoms with van der Waals surface area (Å²) in [5.74, 6) is 0.0902. The summed E-state index contributed by atoms with van der Waals surface area (Å²) in [5, 5.41) is 15.1. The van der Waals surface area contributed by atoms with Crippen molar-refractivity contribution in [2.24, 2.45) is 0 Å². The number of pyridine rings is 1. The number of benzene rings is 2. The van der Waals surface area contributed by atoms with Crippen LogP contribution in [0.2, 0.25) is 0 Å². The van der Waals surface area contributed by atoms with Gasteiger partial charge in [0.15, 0.2) is 0 Å². The van der Waals surface area contributed by atoms with E-state index in [4.69, 9.17) is 10.2 Å². The number of amides is 1. The zero-order valence-electron chi connectivity index (χ0n) is 22.3. The van der Waals surface area contributed by atoms with Gasteiger partial charge in [-0.05, 0) is 55.8 Å². The normalized spacial score (nSPS) is 14.4. The number of hydrogen-bond acceptors (Lipinski definition) is 8. The Balaban J connectivity index is 1.25. The summed E-state index contributed by atoms with van der Waals surface area (Å²) in [7, 11) is 0. The monoisotopic (exact) mass is 568 g/mol. The summed E-state index contributed by atoms with van der Waals surface area (Å²) in [6.45, 7) is 5.70. The van der Waals surface area contributed by atoms with Gasteiger partial charge in [0.25, 0.3) is 11.6 Å². The molecule has 0 aliphatic carbocycles. The highest BCUT2D eigenvalue weighted by atomic mass is 19.4. The van der Waals surface area contributed by atoms with Gasteiger partial charge >= 0.3 is 6.18 Å². The molecule has 3 heterocycles. The number of aromatic nitrogens is 1. The zero-order chi connectivity index (χ0) is 29.5. The first-order valence-corrected chi connectivity index (χ1v) is 12.8. The van der Waals surface area contributed by atoms with Gasteiger partial charge in [-0.25, -0.2) is 0 Å². The number of anilines is 3. The molecule has 0 bridgehead atoms. The van der Waals surface area contributed by atoms with Gasteiger partial charge in [-0.1, -0.05) is 0 Å². The highest BCUT2D eigenvalue weighted by molar-refractivity contribution is 6.06. The largest absolute Gasteiger partial charge is 0.467 e. The lowest BCUT2D eigenvalue weighted by Gasteiger charge is -2.35. The molecule has 3 N–H and O–H groups in total. The predicted molar refractivity (Wildman–Crippen MR) is 148 cm³/mol. The van der Waals surface area contributed by atoms with Crippen LogP contribution in [0.15, 0.2) is 53.1 Å². The molecule has 0 spiro atoms. The molecule has 5 rings (SSSR count). The molecule has 13 heteroatoms. The van der Waals surface area contributed by atoms with Crippen molar-refractivity contribution in [3.8, 4) is 0 Å². The smallest absolute Gasteiger partial charge is 0.416 e. The first-order chi connectivity index (χ1) is 19.4. The topological polar surface area (TPSA) is 131 Å². The van der Waals surface area contributed by atoms with Crippen LogP contribution in [0.4, 0.5) is 35.9 Å². The molecule has 1 aliphatic rings. The quantitative estimate of drug-likeness (QED) is 0.229. The number of nitrogens with zero attached hydrogens (tertiary/aromatic N) is 4. The van der Waals surface area contributed by atoms with Crippen LogP contribution < -0.4 is 16.0 Å². The minimum atomic E-state index is -4.67. The molecule has 41 heavy (non-hydrogen) atoms. The van der Waals surface area contributed by atoms with Gasteiger partial charge in [0.05, 0.1) is 34.4 Å². The summed E-state index contributed by atoms with van der Waals surface area (Å²) in [4.78, 5) is 32.1. The Kier molecular flexibility index (Phi) is 7.30. The number of nitrogens with one attached hydrogen (secondary N) is 1. The zero-order valence-corrected chi connectivity index (χ0v) is 22.3. The Labute approximate surface area is 232 Å². The fourth-order valence-corrected chi connectivity index (χ4v) is 4.92. The van der Waals surface area contributed by atoms with Crippen LogP contribution in [-0.2, 0) is 12.7 Å². The van der Waals surface area contributed by atoms with Crippen molar-refractivity contribution in [3.63, 3.8) is 0 Å². The number of alkyl halides is 3. The molecule has 1 fully saturated rings. The van der Waals surface area contributed by atoms with Crippen molar-refractivity contribution >= 4 is 39.6 Å². The van der Waals surface area contributed by atoms with Gasteiger partial charge in [0.1, 0.15) is 11.4 Å². The summed E-state index contributed by atoms with van der Waals surface area (Å²) in [6.07, 6.45) is -3.24. The fourth-order valence-electron chi connectivity index (χ4n) is 4.92. The maximum absolute atomic E-state index is 13.1. The SMILES string of the molecule is Cc1nc2ccc(NC(=O)c3ccoc3CN3CCN(c4ccc(C(F)(F)F)cc4[N+](=O)[O-])CC3)cc2c(N)c1C. The molecule has 0 radical (unpaired) electrons. The summed E-state index contributed by atoms with van der Waals surface area (Å²) in [6, 6.07) is 9.47. The van der Waals surface area contributed by atoms with E-state index in [1.807, 2.05) is 18.7 Å². The maximum atomic E-state index is 13.1. The number of piperazine rings is 1. The van der Waals surface area contributed by atoms with Crippen molar-refractivity contribution in [1.82, 2.24) is 9.88 Å². The van der Waals surface area contributed by atoms with E-state index in [-0.39, 0.29) is 11.6 Å². The molecule has 0 unspecified atom stereocenters. The van der Waals surface area contributed by atoms with Gasteiger partial charge < -0.3 is 20.4 Å². The number of nitro benzene ring substituents is 1. The van der Waals surface area contributed by atoms with Gasteiger partial charge in [-0.2, -0.15) is 13.2 Å². The molecule has 4 aromatic rings. The summed E-state index contributed by atoms with van der Waals surface area (Å²) < 4.78 is 44.8. The van der Waals surface area contributed by atoms with E-state index in [1.54, 1.807) is 29.2 Å². The van der Waals surface area contributed by atoms with E-state index >= 15 is 0 Å². The lowest BCUT2D eigenvalue weighted by atomic mass is 10.1. The number of carbonyl (C=O) groups excluding carboxylic acids is 1. The minimum absolute atomic E-state index is 0.136. The van der Waals surface area contributed by atoms with Gasteiger partial charge in [-0.15, -0.1) is 0 Å². The second kappa shape index (κ2) is 10.7. The van der Waals surface area contributed by atoms with E-state index in [0.29, 0.717) is 61.5 Å². The minimum Gasteiger partial charge on any atom is -0.467 e. The molecule has 214 valence electrons. The first kappa shape index (κ1) is 27.9. The molecule has 0 saturated carbocycles. The summed E-state index contributed by atoms with van der Waals surface area (Å²) >= 11 is 0. The van der Waals surface area contributed by atoms with Crippen molar-refractivity contribution < 1.29 is 27.3 Å². The third-order valence-electron chi connectivity index (χ3n) is 7.35. The number of furan rings is 1. The molecular weight excluding hydrogens is 541 g/mol. The Morgan fingerprint density at radius 3 is 2.54 bits per heavy atom. The van der Waals surface area contributed by atoms with Crippen LogP contribution in [0.5, 0.6) is 0 Å². The second-order valence-corrected chi connectivity index (χ2v) is 9.90. The number of rotatable bonds is 6. The number of nitrogens with two attached hydrogens (primary N) is 1. The molecular formula is C28H27F3N6O4.